The summed E-state index contributed by atoms with van der Waals surface area (Å²) in [6.45, 7) is 2.01. The van der Waals surface area contributed by atoms with Crippen LogP contribution >= 0.6 is 0 Å². The topological polar surface area (TPSA) is 59.7 Å². The second kappa shape index (κ2) is 7.03. The van der Waals surface area contributed by atoms with Gasteiger partial charge in [-0.1, -0.05) is 30.3 Å². The summed E-state index contributed by atoms with van der Waals surface area (Å²) in [6, 6.07) is 12.0. The van der Waals surface area contributed by atoms with Crippen LogP contribution in [0, 0.1) is 0 Å². The van der Waals surface area contributed by atoms with E-state index in [1.165, 1.54) is 5.56 Å². The van der Waals surface area contributed by atoms with E-state index in [0.29, 0.717) is 31.2 Å². The van der Waals surface area contributed by atoms with Crippen molar-refractivity contribution in [1.82, 2.24) is 19.3 Å². The molecule has 6 heteroatoms. The zero-order valence-corrected chi connectivity index (χ0v) is 13.9. The highest BCUT2D eigenvalue weighted by Gasteiger charge is 2.25. The third kappa shape index (κ3) is 3.53. The first kappa shape index (κ1) is 15.8. The van der Waals surface area contributed by atoms with Crippen molar-refractivity contribution in [2.75, 3.05) is 13.1 Å². The molecule has 25 heavy (non-hydrogen) atoms. The van der Waals surface area contributed by atoms with Crippen LogP contribution < -0.4 is 0 Å². The van der Waals surface area contributed by atoms with Crippen molar-refractivity contribution >= 4 is 11.7 Å². The molecule has 3 heterocycles. The van der Waals surface area contributed by atoms with Gasteiger partial charge in [0.2, 0.25) is 5.78 Å². The molecule has 1 aliphatic rings. The van der Waals surface area contributed by atoms with Gasteiger partial charge in [-0.15, -0.1) is 0 Å². The molecule has 2 aromatic heterocycles. The zero-order chi connectivity index (χ0) is 17.1. The summed E-state index contributed by atoms with van der Waals surface area (Å²) in [5.41, 5.74) is 1.63. The first-order valence-corrected chi connectivity index (χ1v) is 8.54. The van der Waals surface area contributed by atoms with Crippen LogP contribution in [0.4, 0.5) is 0 Å². The molecule has 1 saturated heterocycles. The van der Waals surface area contributed by atoms with Crippen molar-refractivity contribution in [3.63, 3.8) is 0 Å². The molecule has 1 fully saturated rings. The van der Waals surface area contributed by atoms with E-state index in [0.717, 1.165) is 12.8 Å². The number of likely N-dealkylation sites (tertiary alicyclic amines) is 1. The lowest BCUT2D eigenvalue weighted by Crippen LogP contribution is -2.41. The van der Waals surface area contributed by atoms with E-state index in [9.17, 15) is 4.79 Å². The molecule has 0 spiro atoms. The minimum Gasteiger partial charge on any atom is -0.373 e. The maximum Gasteiger partial charge on any atom is 0.274 e. The Morgan fingerprint density at radius 2 is 1.96 bits per heavy atom. The number of fused-ring (bicyclic) bond motifs is 1. The van der Waals surface area contributed by atoms with Crippen molar-refractivity contribution in [2.45, 2.75) is 25.6 Å². The molecule has 6 nitrogen and oxygen atoms in total. The number of hydrogen-bond donors (Lipinski definition) is 0. The molecule has 0 bridgehead atoms. The highest BCUT2D eigenvalue weighted by atomic mass is 16.5. The van der Waals surface area contributed by atoms with E-state index < -0.39 is 0 Å². The Balaban J connectivity index is 1.32. The summed E-state index contributed by atoms with van der Waals surface area (Å²) in [6.07, 6.45) is 7.16. The van der Waals surface area contributed by atoms with Gasteiger partial charge in [0, 0.05) is 31.7 Å². The van der Waals surface area contributed by atoms with Gasteiger partial charge in [-0.25, -0.2) is 9.97 Å². The Labute approximate surface area is 146 Å². The van der Waals surface area contributed by atoms with E-state index in [2.05, 4.69) is 22.1 Å². The number of carbonyl (C=O) groups is 1. The van der Waals surface area contributed by atoms with Crippen LogP contribution in [0.5, 0.6) is 0 Å². The van der Waals surface area contributed by atoms with E-state index in [1.807, 2.05) is 35.4 Å². The second-order valence-electron chi connectivity index (χ2n) is 6.24. The van der Waals surface area contributed by atoms with Crippen LogP contribution in [-0.4, -0.2) is 44.4 Å². The first-order chi connectivity index (χ1) is 12.3. The largest absolute Gasteiger partial charge is 0.373 e. The van der Waals surface area contributed by atoms with Crippen molar-refractivity contribution < 1.29 is 9.53 Å². The number of benzene rings is 1. The fourth-order valence-electron chi connectivity index (χ4n) is 3.11. The predicted molar refractivity (Wildman–Crippen MR) is 93.1 cm³/mol. The van der Waals surface area contributed by atoms with E-state index in [4.69, 9.17) is 4.74 Å². The number of rotatable bonds is 4. The van der Waals surface area contributed by atoms with Crippen LogP contribution in [0.1, 0.15) is 28.9 Å². The smallest absolute Gasteiger partial charge is 0.274 e. The number of amides is 1. The zero-order valence-electron chi connectivity index (χ0n) is 13.9. The second-order valence-corrected chi connectivity index (χ2v) is 6.24. The monoisotopic (exact) mass is 336 g/mol. The summed E-state index contributed by atoms with van der Waals surface area (Å²) < 4.78 is 7.75. The number of hydrogen-bond acceptors (Lipinski definition) is 4. The van der Waals surface area contributed by atoms with Gasteiger partial charge in [-0.3, -0.25) is 9.20 Å². The summed E-state index contributed by atoms with van der Waals surface area (Å²) in [7, 11) is 0. The highest BCUT2D eigenvalue weighted by Crippen LogP contribution is 2.17. The van der Waals surface area contributed by atoms with Crippen molar-refractivity contribution in [3.05, 3.63) is 66.2 Å². The van der Waals surface area contributed by atoms with Crippen molar-refractivity contribution in [1.29, 1.82) is 0 Å². The Morgan fingerprint density at radius 1 is 1.16 bits per heavy atom. The lowest BCUT2D eigenvalue weighted by Gasteiger charge is -2.31. The van der Waals surface area contributed by atoms with Crippen LogP contribution in [0.3, 0.4) is 0 Å². The van der Waals surface area contributed by atoms with Gasteiger partial charge in [0.05, 0.1) is 12.7 Å². The van der Waals surface area contributed by atoms with Crippen molar-refractivity contribution in [2.24, 2.45) is 0 Å². The molecule has 1 amide bonds. The lowest BCUT2D eigenvalue weighted by molar-refractivity contribution is -0.000495. The third-order valence-electron chi connectivity index (χ3n) is 4.51. The molecular weight excluding hydrogens is 316 g/mol. The molecule has 0 saturated carbocycles. The molecule has 1 aliphatic heterocycles. The number of nitrogens with zero attached hydrogens (tertiary/aromatic N) is 4. The summed E-state index contributed by atoms with van der Waals surface area (Å²) in [5, 5.41) is 0. The third-order valence-corrected chi connectivity index (χ3v) is 4.51. The Hall–Kier alpha value is -2.73. The number of ether oxygens (including phenoxy) is 1. The molecule has 128 valence electrons. The average molecular weight is 336 g/mol. The maximum atomic E-state index is 12.6. The van der Waals surface area contributed by atoms with Crippen LogP contribution in [0.15, 0.2) is 55.0 Å². The average Bonchev–Trinajstić information content (AvgIpc) is 3.11. The van der Waals surface area contributed by atoms with E-state index in [-0.39, 0.29) is 12.0 Å². The molecular formula is C19H20N4O2. The van der Waals surface area contributed by atoms with Crippen LogP contribution in [0.25, 0.3) is 5.78 Å². The fraction of sp³-hybridized carbons (Fsp3) is 0.316. The minimum atomic E-state index is -0.0352. The van der Waals surface area contributed by atoms with Gasteiger partial charge in [-0.2, -0.15) is 0 Å². The molecule has 3 aromatic rings. The van der Waals surface area contributed by atoms with E-state index in [1.54, 1.807) is 16.8 Å². The Morgan fingerprint density at radius 3 is 2.72 bits per heavy atom. The fourth-order valence-corrected chi connectivity index (χ4v) is 3.11. The Kier molecular flexibility index (Phi) is 4.43. The molecule has 0 N–H and O–H groups in total. The molecule has 0 atom stereocenters. The quantitative estimate of drug-likeness (QED) is 0.735. The summed E-state index contributed by atoms with van der Waals surface area (Å²) in [4.78, 5) is 23.0. The molecule has 0 aliphatic carbocycles. The normalized spacial score (nSPS) is 15.6. The van der Waals surface area contributed by atoms with Gasteiger partial charge >= 0.3 is 0 Å². The van der Waals surface area contributed by atoms with Gasteiger partial charge in [-0.05, 0) is 24.5 Å². The van der Waals surface area contributed by atoms with E-state index >= 15 is 0 Å². The van der Waals surface area contributed by atoms with Crippen LogP contribution in [0.2, 0.25) is 0 Å². The summed E-state index contributed by atoms with van der Waals surface area (Å²) >= 11 is 0. The minimum absolute atomic E-state index is 0.0352. The van der Waals surface area contributed by atoms with Crippen molar-refractivity contribution in [3.8, 4) is 0 Å². The lowest BCUT2D eigenvalue weighted by atomic mass is 10.1. The predicted octanol–water partition coefficient (Wildman–Crippen LogP) is 2.55. The number of piperidine rings is 1. The Bertz CT molecular complexity index is 821. The molecule has 0 radical (unpaired) electrons. The number of aromatic nitrogens is 3. The first-order valence-electron chi connectivity index (χ1n) is 8.54. The van der Waals surface area contributed by atoms with Gasteiger partial charge in [0.25, 0.3) is 5.91 Å². The standard InChI is InChI=1S/C19H20N4O2/c24-18(17-13-23-10-4-9-20-19(23)21-17)22-11-7-16(8-12-22)25-14-15-5-2-1-3-6-15/h1-6,9-10,13,16H,7-8,11-12,14H2. The molecule has 0 unspecified atom stereocenters. The number of imidazole rings is 1. The van der Waals surface area contributed by atoms with Gasteiger partial charge in [0.1, 0.15) is 5.69 Å². The SMILES string of the molecule is O=C(c1cn2cccnc2n1)N1CCC(OCc2ccccc2)CC1. The summed E-state index contributed by atoms with van der Waals surface area (Å²) in [5.74, 6) is 0.513. The van der Waals surface area contributed by atoms with Gasteiger partial charge < -0.3 is 9.64 Å². The molecule has 1 aromatic carbocycles. The number of carbonyl (C=O) groups excluding carboxylic acids is 1. The molecule has 4 rings (SSSR count). The maximum absolute atomic E-state index is 12.6. The van der Waals surface area contributed by atoms with Crippen LogP contribution in [-0.2, 0) is 11.3 Å². The highest BCUT2D eigenvalue weighted by molar-refractivity contribution is 5.92. The van der Waals surface area contributed by atoms with Gasteiger partial charge in [0.15, 0.2) is 0 Å².